The van der Waals surface area contributed by atoms with Crippen LogP contribution in [-0.4, -0.2) is 35.6 Å². The molecular formula is C22H27FO4. The maximum atomic E-state index is 14.5. The Morgan fingerprint density at radius 3 is 2.59 bits per heavy atom. The van der Waals surface area contributed by atoms with Gasteiger partial charge in [0.25, 0.3) is 0 Å². The Bertz CT molecular complexity index is 746. The molecule has 2 aromatic rings. The molecule has 0 radical (unpaired) electrons. The molecule has 2 aromatic carbocycles. The molecule has 1 fully saturated rings. The number of rotatable bonds is 6. The summed E-state index contributed by atoms with van der Waals surface area (Å²) in [5.41, 5.74) is 2.40. The Morgan fingerprint density at radius 1 is 1.19 bits per heavy atom. The fourth-order valence-corrected chi connectivity index (χ4v) is 3.62. The molecule has 1 aliphatic rings. The van der Waals surface area contributed by atoms with E-state index in [9.17, 15) is 14.6 Å². The van der Waals surface area contributed by atoms with Crippen LogP contribution in [-0.2, 0) is 4.74 Å². The van der Waals surface area contributed by atoms with E-state index in [0.29, 0.717) is 25.0 Å². The molecule has 0 saturated carbocycles. The molecule has 0 spiro atoms. The first-order chi connectivity index (χ1) is 13.0. The Morgan fingerprint density at radius 2 is 1.93 bits per heavy atom. The normalized spacial score (nSPS) is 23.8. The molecule has 0 amide bonds. The molecule has 4 nitrogen and oxygen atoms in total. The molecule has 0 aromatic heterocycles. The maximum absolute atomic E-state index is 14.5. The second-order valence-corrected chi connectivity index (χ2v) is 7.06. The van der Waals surface area contributed by atoms with Crippen molar-refractivity contribution in [1.29, 1.82) is 0 Å². The number of aliphatic hydroxyl groups is 2. The summed E-state index contributed by atoms with van der Waals surface area (Å²) in [5, 5.41) is 19.4. The highest BCUT2D eigenvalue weighted by molar-refractivity contribution is 5.38. The van der Waals surface area contributed by atoms with Gasteiger partial charge in [0.05, 0.1) is 31.5 Å². The van der Waals surface area contributed by atoms with Gasteiger partial charge < -0.3 is 19.7 Å². The van der Waals surface area contributed by atoms with Gasteiger partial charge in [-0.15, -0.1) is 0 Å². The van der Waals surface area contributed by atoms with Gasteiger partial charge in [0.1, 0.15) is 11.6 Å². The van der Waals surface area contributed by atoms with E-state index in [0.717, 1.165) is 16.9 Å². The summed E-state index contributed by atoms with van der Waals surface area (Å²) in [7, 11) is 0. The summed E-state index contributed by atoms with van der Waals surface area (Å²) < 4.78 is 25.9. The van der Waals surface area contributed by atoms with Crippen LogP contribution in [0.1, 0.15) is 55.4 Å². The van der Waals surface area contributed by atoms with Crippen LogP contribution in [0.3, 0.4) is 0 Å². The van der Waals surface area contributed by atoms with Gasteiger partial charge in [-0.05, 0) is 47.9 Å². The second-order valence-electron chi connectivity index (χ2n) is 7.06. The lowest BCUT2D eigenvalue weighted by molar-refractivity contribution is -0.113. The van der Waals surface area contributed by atoms with Crippen molar-refractivity contribution < 1.29 is 24.1 Å². The predicted octanol–water partition coefficient (Wildman–Crippen LogP) is 3.95. The molecule has 146 valence electrons. The molecule has 3 unspecified atom stereocenters. The van der Waals surface area contributed by atoms with Crippen LogP contribution in [0.5, 0.6) is 5.75 Å². The van der Waals surface area contributed by atoms with Crippen molar-refractivity contribution in [1.82, 2.24) is 0 Å². The summed E-state index contributed by atoms with van der Waals surface area (Å²) in [6.07, 6.45) is -0.408. The highest BCUT2D eigenvalue weighted by atomic mass is 19.1. The van der Waals surface area contributed by atoms with Crippen molar-refractivity contribution in [2.45, 2.75) is 50.9 Å². The molecule has 0 aliphatic carbocycles. The van der Waals surface area contributed by atoms with E-state index < -0.39 is 12.2 Å². The standard InChI is InChI=1S/C22H27FO4/c1-3-26-18-7-4-15(5-8-18)14(2)20-10-16(6-9-21(20)23)22-12-17(25)11-19(13-24)27-22/h4-10,14,17,19,22,24-25H,3,11-13H2,1-2H3/t14?,17?,19?,22-/m1/s1. The number of hydrogen-bond acceptors (Lipinski definition) is 4. The van der Waals surface area contributed by atoms with Crippen LogP contribution in [0.2, 0.25) is 0 Å². The third-order valence-corrected chi connectivity index (χ3v) is 5.13. The van der Waals surface area contributed by atoms with Gasteiger partial charge in [-0.2, -0.15) is 0 Å². The minimum atomic E-state index is -0.530. The van der Waals surface area contributed by atoms with E-state index in [4.69, 9.17) is 9.47 Å². The van der Waals surface area contributed by atoms with E-state index in [-0.39, 0.29) is 24.4 Å². The summed E-state index contributed by atoms with van der Waals surface area (Å²) in [6, 6.07) is 12.6. The Balaban J connectivity index is 1.84. The van der Waals surface area contributed by atoms with E-state index in [1.54, 1.807) is 6.07 Å². The molecule has 27 heavy (non-hydrogen) atoms. The number of hydrogen-bond donors (Lipinski definition) is 2. The molecule has 3 rings (SSSR count). The Kier molecular flexibility index (Phi) is 6.47. The van der Waals surface area contributed by atoms with Crippen LogP contribution < -0.4 is 4.74 Å². The third-order valence-electron chi connectivity index (χ3n) is 5.13. The topological polar surface area (TPSA) is 58.9 Å². The first-order valence-electron chi connectivity index (χ1n) is 9.48. The molecule has 2 N–H and O–H groups in total. The van der Waals surface area contributed by atoms with Crippen LogP contribution in [0, 0.1) is 5.82 Å². The molecule has 1 saturated heterocycles. The zero-order valence-corrected chi connectivity index (χ0v) is 15.8. The fourth-order valence-electron chi connectivity index (χ4n) is 3.62. The Labute approximate surface area is 159 Å². The molecule has 5 heteroatoms. The minimum Gasteiger partial charge on any atom is -0.494 e. The highest BCUT2D eigenvalue weighted by Gasteiger charge is 2.29. The van der Waals surface area contributed by atoms with Crippen LogP contribution >= 0.6 is 0 Å². The predicted molar refractivity (Wildman–Crippen MR) is 101 cm³/mol. The van der Waals surface area contributed by atoms with Crippen molar-refractivity contribution in [3.8, 4) is 5.75 Å². The van der Waals surface area contributed by atoms with E-state index in [2.05, 4.69) is 0 Å². The number of ether oxygens (including phenoxy) is 2. The summed E-state index contributed by atoms with van der Waals surface area (Å²) in [5.74, 6) is 0.389. The van der Waals surface area contributed by atoms with Crippen molar-refractivity contribution >= 4 is 0 Å². The van der Waals surface area contributed by atoms with Gasteiger partial charge in [-0.25, -0.2) is 4.39 Å². The average molecular weight is 374 g/mol. The molecule has 1 heterocycles. The monoisotopic (exact) mass is 374 g/mol. The van der Waals surface area contributed by atoms with Crippen LogP contribution in [0.15, 0.2) is 42.5 Å². The van der Waals surface area contributed by atoms with Crippen LogP contribution in [0.25, 0.3) is 0 Å². The summed E-state index contributed by atoms with van der Waals surface area (Å²) in [4.78, 5) is 0. The summed E-state index contributed by atoms with van der Waals surface area (Å²) in [6.45, 7) is 4.37. The van der Waals surface area contributed by atoms with Gasteiger partial charge >= 0.3 is 0 Å². The van der Waals surface area contributed by atoms with E-state index in [1.165, 1.54) is 6.07 Å². The lowest BCUT2D eigenvalue weighted by Gasteiger charge is -2.33. The van der Waals surface area contributed by atoms with E-state index in [1.807, 2.05) is 44.2 Å². The van der Waals surface area contributed by atoms with Crippen molar-refractivity contribution in [2.24, 2.45) is 0 Å². The van der Waals surface area contributed by atoms with Gasteiger partial charge in [-0.3, -0.25) is 0 Å². The molecule has 0 bridgehead atoms. The first-order valence-corrected chi connectivity index (χ1v) is 9.48. The average Bonchev–Trinajstić information content (AvgIpc) is 2.68. The SMILES string of the molecule is CCOc1ccc(C(C)c2cc([C@H]3CC(O)CC(CO)O3)ccc2F)cc1. The van der Waals surface area contributed by atoms with Crippen LogP contribution in [0.4, 0.5) is 4.39 Å². The zero-order chi connectivity index (χ0) is 19.4. The lowest BCUT2D eigenvalue weighted by Crippen LogP contribution is -2.33. The maximum Gasteiger partial charge on any atom is 0.127 e. The van der Waals surface area contributed by atoms with Gasteiger partial charge in [0.2, 0.25) is 0 Å². The Hall–Kier alpha value is -1.95. The number of halogens is 1. The zero-order valence-electron chi connectivity index (χ0n) is 15.8. The summed E-state index contributed by atoms with van der Waals surface area (Å²) >= 11 is 0. The van der Waals surface area contributed by atoms with Gasteiger partial charge in [0.15, 0.2) is 0 Å². The lowest BCUT2D eigenvalue weighted by atomic mass is 9.89. The number of aliphatic hydroxyl groups excluding tert-OH is 2. The quantitative estimate of drug-likeness (QED) is 0.804. The van der Waals surface area contributed by atoms with Crippen molar-refractivity contribution in [3.63, 3.8) is 0 Å². The van der Waals surface area contributed by atoms with Gasteiger partial charge in [0, 0.05) is 18.8 Å². The van der Waals surface area contributed by atoms with Gasteiger partial charge in [-0.1, -0.05) is 25.1 Å². The van der Waals surface area contributed by atoms with Crippen molar-refractivity contribution in [2.75, 3.05) is 13.2 Å². The fraction of sp³-hybridized carbons (Fsp3) is 0.455. The minimum absolute atomic E-state index is 0.135. The van der Waals surface area contributed by atoms with E-state index >= 15 is 0 Å². The molecule has 4 atom stereocenters. The molecule has 1 aliphatic heterocycles. The highest BCUT2D eigenvalue weighted by Crippen LogP contribution is 2.35. The third kappa shape index (κ3) is 4.67. The number of benzene rings is 2. The van der Waals surface area contributed by atoms with Crippen molar-refractivity contribution in [3.05, 3.63) is 65.0 Å². The molecular weight excluding hydrogens is 347 g/mol. The first kappa shape index (κ1) is 19.8. The largest absolute Gasteiger partial charge is 0.494 e. The second kappa shape index (κ2) is 8.83. The smallest absolute Gasteiger partial charge is 0.127 e.